The molecule has 4 heteroatoms. The SMILES string of the molecule is COc1ccc(NC(C)=O)c(CO)c1. The first kappa shape index (κ1) is 10.5. The molecule has 1 amide bonds. The minimum atomic E-state index is -0.162. The van der Waals surface area contributed by atoms with Crippen molar-refractivity contribution in [2.75, 3.05) is 12.4 Å². The molecule has 0 radical (unpaired) electrons. The van der Waals surface area contributed by atoms with Crippen molar-refractivity contribution < 1.29 is 14.6 Å². The zero-order valence-corrected chi connectivity index (χ0v) is 8.20. The molecule has 0 bridgehead atoms. The van der Waals surface area contributed by atoms with E-state index >= 15 is 0 Å². The standard InChI is InChI=1S/C10H13NO3/c1-7(13)11-10-4-3-9(14-2)5-8(10)6-12/h3-5,12H,6H2,1-2H3,(H,11,13). The van der Waals surface area contributed by atoms with E-state index in [0.29, 0.717) is 17.0 Å². The van der Waals surface area contributed by atoms with Crippen LogP contribution in [-0.4, -0.2) is 18.1 Å². The minimum Gasteiger partial charge on any atom is -0.497 e. The normalized spacial score (nSPS) is 9.64. The number of hydrogen-bond donors (Lipinski definition) is 2. The van der Waals surface area contributed by atoms with E-state index in [9.17, 15) is 4.79 Å². The van der Waals surface area contributed by atoms with Crippen LogP contribution in [0.1, 0.15) is 12.5 Å². The minimum absolute atomic E-state index is 0.132. The van der Waals surface area contributed by atoms with Crippen LogP contribution in [0.4, 0.5) is 5.69 Å². The maximum Gasteiger partial charge on any atom is 0.221 e. The quantitative estimate of drug-likeness (QED) is 0.760. The number of benzene rings is 1. The van der Waals surface area contributed by atoms with Crippen molar-refractivity contribution in [3.05, 3.63) is 23.8 Å². The van der Waals surface area contributed by atoms with Crippen LogP contribution >= 0.6 is 0 Å². The van der Waals surface area contributed by atoms with Crippen molar-refractivity contribution in [2.24, 2.45) is 0 Å². The second kappa shape index (κ2) is 4.62. The molecule has 76 valence electrons. The Morgan fingerprint density at radius 3 is 2.79 bits per heavy atom. The summed E-state index contributed by atoms with van der Waals surface area (Å²) in [6.07, 6.45) is 0. The highest BCUT2D eigenvalue weighted by Gasteiger charge is 2.04. The second-order valence-electron chi connectivity index (χ2n) is 2.86. The number of aliphatic hydroxyl groups excluding tert-OH is 1. The Bertz CT molecular complexity index is 336. The van der Waals surface area contributed by atoms with Crippen molar-refractivity contribution in [3.63, 3.8) is 0 Å². The summed E-state index contributed by atoms with van der Waals surface area (Å²) in [5.41, 5.74) is 1.25. The lowest BCUT2D eigenvalue weighted by atomic mass is 10.1. The summed E-state index contributed by atoms with van der Waals surface area (Å²) in [4.78, 5) is 10.8. The lowest BCUT2D eigenvalue weighted by Gasteiger charge is -2.09. The molecule has 0 unspecified atom stereocenters. The molecule has 0 atom stereocenters. The summed E-state index contributed by atoms with van der Waals surface area (Å²) >= 11 is 0. The molecule has 0 saturated heterocycles. The number of methoxy groups -OCH3 is 1. The monoisotopic (exact) mass is 195 g/mol. The lowest BCUT2D eigenvalue weighted by Crippen LogP contribution is -2.08. The summed E-state index contributed by atoms with van der Waals surface area (Å²) in [5, 5.41) is 11.7. The predicted octanol–water partition coefficient (Wildman–Crippen LogP) is 1.15. The van der Waals surface area contributed by atoms with E-state index < -0.39 is 0 Å². The van der Waals surface area contributed by atoms with Crippen LogP contribution in [0, 0.1) is 0 Å². The number of hydrogen-bond acceptors (Lipinski definition) is 3. The number of nitrogens with one attached hydrogen (secondary N) is 1. The summed E-state index contributed by atoms with van der Waals surface area (Å²) in [6, 6.07) is 5.11. The van der Waals surface area contributed by atoms with Gasteiger partial charge < -0.3 is 15.2 Å². The van der Waals surface area contributed by atoms with Crippen LogP contribution in [0.3, 0.4) is 0 Å². The number of rotatable bonds is 3. The van der Waals surface area contributed by atoms with Crippen molar-refractivity contribution >= 4 is 11.6 Å². The Labute approximate surface area is 82.5 Å². The molecule has 4 nitrogen and oxygen atoms in total. The first-order chi connectivity index (χ1) is 6.67. The topological polar surface area (TPSA) is 58.6 Å². The fourth-order valence-electron chi connectivity index (χ4n) is 1.14. The van der Waals surface area contributed by atoms with E-state index in [2.05, 4.69) is 5.32 Å². The van der Waals surface area contributed by atoms with Crippen LogP contribution in [0.5, 0.6) is 5.75 Å². The number of ether oxygens (including phenoxy) is 1. The van der Waals surface area contributed by atoms with Crippen molar-refractivity contribution in [1.29, 1.82) is 0 Å². The summed E-state index contributed by atoms with van der Waals surface area (Å²) in [5.74, 6) is 0.494. The third-order valence-electron chi connectivity index (χ3n) is 1.79. The van der Waals surface area contributed by atoms with Gasteiger partial charge in [0, 0.05) is 18.2 Å². The highest BCUT2D eigenvalue weighted by molar-refractivity contribution is 5.89. The van der Waals surface area contributed by atoms with Crippen LogP contribution in [-0.2, 0) is 11.4 Å². The van der Waals surface area contributed by atoms with Crippen molar-refractivity contribution in [3.8, 4) is 5.75 Å². The second-order valence-corrected chi connectivity index (χ2v) is 2.86. The van der Waals surface area contributed by atoms with Gasteiger partial charge in [0.15, 0.2) is 0 Å². The van der Waals surface area contributed by atoms with E-state index in [1.54, 1.807) is 25.3 Å². The number of aliphatic hydroxyl groups is 1. The molecule has 0 aromatic heterocycles. The highest BCUT2D eigenvalue weighted by Crippen LogP contribution is 2.21. The molecule has 0 fully saturated rings. The Morgan fingerprint density at radius 2 is 2.29 bits per heavy atom. The zero-order chi connectivity index (χ0) is 10.6. The van der Waals surface area contributed by atoms with Gasteiger partial charge in [0.2, 0.25) is 5.91 Å². The van der Waals surface area contributed by atoms with Gasteiger partial charge in [-0.1, -0.05) is 0 Å². The molecule has 1 rings (SSSR count). The number of carbonyl (C=O) groups is 1. The van der Waals surface area contributed by atoms with Crippen molar-refractivity contribution in [2.45, 2.75) is 13.5 Å². The van der Waals surface area contributed by atoms with Gasteiger partial charge in [-0.05, 0) is 18.2 Å². The molecule has 0 heterocycles. The third-order valence-corrected chi connectivity index (χ3v) is 1.79. The Hall–Kier alpha value is -1.55. The van der Waals surface area contributed by atoms with Gasteiger partial charge >= 0.3 is 0 Å². The van der Waals surface area contributed by atoms with Gasteiger partial charge in [-0.25, -0.2) is 0 Å². The average Bonchev–Trinajstić information content (AvgIpc) is 2.17. The molecular formula is C10H13NO3. The Morgan fingerprint density at radius 1 is 1.57 bits per heavy atom. The number of carbonyl (C=O) groups excluding carboxylic acids is 1. The molecule has 1 aromatic rings. The fraction of sp³-hybridized carbons (Fsp3) is 0.300. The summed E-state index contributed by atoms with van der Waals surface area (Å²) < 4.78 is 4.99. The number of amides is 1. The van der Waals surface area contributed by atoms with Crippen LogP contribution < -0.4 is 10.1 Å². The first-order valence-corrected chi connectivity index (χ1v) is 4.22. The fourth-order valence-corrected chi connectivity index (χ4v) is 1.14. The smallest absolute Gasteiger partial charge is 0.221 e. The van der Waals surface area contributed by atoms with E-state index in [1.165, 1.54) is 6.92 Å². The van der Waals surface area contributed by atoms with E-state index in [-0.39, 0.29) is 12.5 Å². The largest absolute Gasteiger partial charge is 0.497 e. The van der Waals surface area contributed by atoms with Crippen molar-refractivity contribution in [1.82, 2.24) is 0 Å². The first-order valence-electron chi connectivity index (χ1n) is 4.22. The summed E-state index contributed by atoms with van der Waals surface area (Å²) in [6.45, 7) is 1.29. The van der Waals surface area contributed by atoms with Crippen LogP contribution in [0.25, 0.3) is 0 Å². The van der Waals surface area contributed by atoms with Crippen LogP contribution in [0.2, 0.25) is 0 Å². The highest BCUT2D eigenvalue weighted by atomic mass is 16.5. The molecule has 0 saturated carbocycles. The molecule has 0 aliphatic carbocycles. The zero-order valence-electron chi connectivity index (χ0n) is 8.20. The van der Waals surface area contributed by atoms with Gasteiger partial charge in [0.1, 0.15) is 5.75 Å². The van der Waals surface area contributed by atoms with Gasteiger partial charge in [0.25, 0.3) is 0 Å². The maximum absolute atomic E-state index is 10.8. The Kier molecular flexibility index (Phi) is 3.48. The Balaban J connectivity index is 2.98. The van der Waals surface area contributed by atoms with Gasteiger partial charge in [-0.3, -0.25) is 4.79 Å². The van der Waals surface area contributed by atoms with Gasteiger partial charge in [-0.15, -0.1) is 0 Å². The van der Waals surface area contributed by atoms with E-state index in [0.717, 1.165) is 0 Å². The number of anilines is 1. The third kappa shape index (κ3) is 2.47. The summed E-state index contributed by atoms with van der Waals surface area (Å²) in [7, 11) is 1.55. The molecular weight excluding hydrogens is 182 g/mol. The molecule has 0 aliphatic heterocycles. The lowest BCUT2D eigenvalue weighted by molar-refractivity contribution is -0.114. The van der Waals surface area contributed by atoms with Gasteiger partial charge in [-0.2, -0.15) is 0 Å². The molecule has 0 aliphatic rings. The molecule has 14 heavy (non-hydrogen) atoms. The molecule has 1 aromatic carbocycles. The van der Waals surface area contributed by atoms with E-state index in [1.807, 2.05) is 0 Å². The van der Waals surface area contributed by atoms with E-state index in [4.69, 9.17) is 9.84 Å². The maximum atomic E-state index is 10.8. The molecule has 2 N–H and O–H groups in total. The predicted molar refractivity (Wildman–Crippen MR) is 53.2 cm³/mol. The average molecular weight is 195 g/mol. The molecule has 0 spiro atoms. The van der Waals surface area contributed by atoms with Crippen LogP contribution in [0.15, 0.2) is 18.2 Å². The van der Waals surface area contributed by atoms with Gasteiger partial charge in [0.05, 0.1) is 13.7 Å².